The lowest BCUT2D eigenvalue weighted by molar-refractivity contribution is 0.655. The summed E-state index contributed by atoms with van der Waals surface area (Å²) < 4.78 is 0. The van der Waals surface area contributed by atoms with Gasteiger partial charge >= 0.3 is 0 Å². The van der Waals surface area contributed by atoms with Crippen molar-refractivity contribution in [2.75, 3.05) is 18.0 Å². The van der Waals surface area contributed by atoms with Gasteiger partial charge in [-0.25, -0.2) is 0 Å². The lowest BCUT2D eigenvalue weighted by Gasteiger charge is -2.30. The van der Waals surface area contributed by atoms with E-state index in [1.165, 1.54) is 11.3 Å². The first-order chi connectivity index (χ1) is 7.16. The number of aryl methyl sites for hydroxylation is 1. The number of nitrogens with zero attached hydrogens (tertiary/aromatic N) is 2. The minimum Gasteiger partial charge on any atom is -0.369 e. The van der Waals surface area contributed by atoms with Crippen LogP contribution in [0.2, 0.25) is 0 Å². The van der Waals surface area contributed by atoms with Crippen molar-refractivity contribution in [3.8, 4) is 0 Å². The highest BCUT2D eigenvalue weighted by Crippen LogP contribution is 2.20. The molecule has 0 aromatic carbocycles. The summed E-state index contributed by atoms with van der Waals surface area (Å²) in [4.78, 5) is 6.49. The van der Waals surface area contributed by atoms with Crippen LogP contribution in [-0.2, 0) is 0 Å². The lowest BCUT2D eigenvalue weighted by Crippen LogP contribution is -2.33. The number of aromatic nitrogens is 1. The number of hydrogen-bond donors (Lipinski definition) is 1. The third-order valence-corrected chi connectivity index (χ3v) is 2.53. The third kappa shape index (κ3) is 3.20. The van der Waals surface area contributed by atoms with Crippen LogP contribution in [-0.4, -0.2) is 24.1 Å². The van der Waals surface area contributed by atoms with E-state index in [9.17, 15) is 0 Å². The summed E-state index contributed by atoms with van der Waals surface area (Å²) in [5.74, 6) is 0. The van der Waals surface area contributed by atoms with Crippen LogP contribution in [0, 0.1) is 6.92 Å². The van der Waals surface area contributed by atoms with Gasteiger partial charge in [0.05, 0.1) is 0 Å². The molecule has 0 unspecified atom stereocenters. The van der Waals surface area contributed by atoms with Crippen LogP contribution in [0.3, 0.4) is 0 Å². The van der Waals surface area contributed by atoms with Gasteiger partial charge in [-0.2, -0.15) is 0 Å². The summed E-state index contributed by atoms with van der Waals surface area (Å²) in [7, 11) is 0. The lowest BCUT2D eigenvalue weighted by atomic mass is 10.2. The molecule has 15 heavy (non-hydrogen) atoms. The number of hydrogen-bond acceptors (Lipinski definition) is 3. The molecule has 1 aromatic heterocycles. The van der Waals surface area contributed by atoms with E-state index in [4.69, 9.17) is 5.73 Å². The fourth-order valence-corrected chi connectivity index (χ4v) is 1.71. The van der Waals surface area contributed by atoms with Gasteiger partial charge in [-0.3, -0.25) is 4.98 Å². The molecule has 0 saturated carbocycles. The first-order valence-corrected chi connectivity index (χ1v) is 5.54. The summed E-state index contributed by atoms with van der Waals surface area (Å²) in [6, 6.07) is 2.57. The molecule has 0 spiro atoms. The van der Waals surface area contributed by atoms with Gasteiger partial charge in [0.15, 0.2) is 0 Å². The quantitative estimate of drug-likeness (QED) is 0.802. The fourth-order valence-electron chi connectivity index (χ4n) is 1.71. The minimum atomic E-state index is 0.498. The molecule has 0 aliphatic rings. The third-order valence-electron chi connectivity index (χ3n) is 2.53. The van der Waals surface area contributed by atoms with Gasteiger partial charge in [-0.05, 0) is 45.4 Å². The van der Waals surface area contributed by atoms with Crippen molar-refractivity contribution in [3.63, 3.8) is 0 Å². The molecule has 0 radical (unpaired) electrons. The Hall–Kier alpha value is -1.09. The Morgan fingerprint density at radius 2 is 2.20 bits per heavy atom. The molecule has 0 atom stereocenters. The Morgan fingerprint density at radius 3 is 2.73 bits per heavy atom. The second-order valence-electron chi connectivity index (χ2n) is 4.09. The molecule has 1 aromatic rings. The Kier molecular flexibility index (Phi) is 4.56. The molecular formula is C12H21N3. The van der Waals surface area contributed by atoms with Crippen molar-refractivity contribution in [2.24, 2.45) is 5.73 Å². The highest BCUT2D eigenvalue weighted by atomic mass is 15.2. The summed E-state index contributed by atoms with van der Waals surface area (Å²) >= 11 is 0. The van der Waals surface area contributed by atoms with Crippen LogP contribution < -0.4 is 10.6 Å². The van der Waals surface area contributed by atoms with E-state index in [1.807, 2.05) is 12.4 Å². The van der Waals surface area contributed by atoms with E-state index in [-0.39, 0.29) is 0 Å². The van der Waals surface area contributed by atoms with Crippen LogP contribution in [0.1, 0.15) is 25.8 Å². The first-order valence-electron chi connectivity index (χ1n) is 5.54. The molecule has 1 rings (SSSR count). The number of anilines is 1. The Balaban J connectivity index is 2.84. The van der Waals surface area contributed by atoms with E-state index < -0.39 is 0 Å². The van der Waals surface area contributed by atoms with E-state index in [0.29, 0.717) is 6.04 Å². The monoisotopic (exact) mass is 207 g/mol. The van der Waals surface area contributed by atoms with Crippen molar-refractivity contribution in [2.45, 2.75) is 33.2 Å². The minimum absolute atomic E-state index is 0.498. The molecule has 0 bridgehead atoms. The van der Waals surface area contributed by atoms with Crippen molar-refractivity contribution < 1.29 is 0 Å². The topological polar surface area (TPSA) is 42.2 Å². The zero-order valence-electron chi connectivity index (χ0n) is 9.90. The van der Waals surface area contributed by atoms with Crippen LogP contribution in [0.5, 0.6) is 0 Å². The fraction of sp³-hybridized carbons (Fsp3) is 0.583. The van der Waals surface area contributed by atoms with Gasteiger partial charge in [-0.15, -0.1) is 0 Å². The van der Waals surface area contributed by atoms with Gasteiger partial charge < -0.3 is 10.6 Å². The van der Waals surface area contributed by atoms with E-state index in [2.05, 4.69) is 36.7 Å². The summed E-state index contributed by atoms with van der Waals surface area (Å²) in [5, 5.41) is 0. The van der Waals surface area contributed by atoms with Gasteiger partial charge in [0, 0.05) is 30.7 Å². The summed E-state index contributed by atoms with van der Waals surface area (Å²) in [6.07, 6.45) is 4.78. The zero-order valence-corrected chi connectivity index (χ0v) is 9.90. The van der Waals surface area contributed by atoms with Crippen LogP contribution >= 0.6 is 0 Å². The molecule has 3 heteroatoms. The van der Waals surface area contributed by atoms with E-state index >= 15 is 0 Å². The van der Waals surface area contributed by atoms with Crippen molar-refractivity contribution in [3.05, 3.63) is 24.0 Å². The molecular weight excluding hydrogens is 186 g/mol. The van der Waals surface area contributed by atoms with E-state index in [1.54, 1.807) is 0 Å². The molecule has 3 nitrogen and oxygen atoms in total. The van der Waals surface area contributed by atoms with Gasteiger partial charge in [0.25, 0.3) is 0 Å². The highest BCUT2D eigenvalue weighted by molar-refractivity contribution is 5.52. The Bertz CT molecular complexity index is 297. The van der Waals surface area contributed by atoms with Gasteiger partial charge in [0.2, 0.25) is 0 Å². The predicted molar refractivity (Wildman–Crippen MR) is 65.1 cm³/mol. The van der Waals surface area contributed by atoms with Crippen molar-refractivity contribution >= 4 is 5.69 Å². The summed E-state index contributed by atoms with van der Waals surface area (Å²) in [6.45, 7) is 8.26. The van der Waals surface area contributed by atoms with Crippen molar-refractivity contribution in [1.82, 2.24) is 4.98 Å². The average molecular weight is 207 g/mol. The zero-order chi connectivity index (χ0) is 11.3. The molecule has 0 saturated heterocycles. The number of pyridine rings is 1. The van der Waals surface area contributed by atoms with Gasteiger partial charge in [-0.1, -0.05) is 0 Å². The van der Waals surface area contributed by atoms with E-state index in [0.717, 1.165) is 19.5 Å². The molecule has 0 aliphatic carbocycles. The van der Waals surface area contributed by atoms with Crippen molar-refractivity contribution in [1.29, 1.82) is 0 Å². The SMILES string of the molecule is Cc1cnccc1N(CCCN)C(C)C. The van der Waals surface area contributed by atoms with Crippen LogP contribution in [0.15, 0.2) is 18.5 Å². The maximum absolute atomic E-state index is 5.55. The number of nitrogens with two attached hydrogens (primary N) is 1. The molecule has 2 N–H and O–H groups in total. The largest absolute Gasteiger partial charge is 0.369 e. The predicted octanol–water partition coefficient (Wildman–Crippen LogP) is 1.95. The number of rotatable bonds is 5. The van der Waals surface area contributed by atoms with Gasteiger partial charge in [0.1, 0.15) is 0 Å². The maximum Gasteiger partial charge on any atom is 0.0429 e. The maximum atomic E-state index is 5.55. The molecule has 0 fully saturated rings. The Morgan fingerprint density at radius 1 is 1.47 bits per heavy atom. The smallest absolute Gasteiger partial charge is 0.0429 e. The normalized spacial score (nSPS) is 10.7. The Labute approximate surface area is 92.3 Å². The van der Waals surface area contributed by atoms with Crippen LogP contribution in [0.25, 0.3) is 0 Å². The first kappa shape index (κ1) is 12.0. The molecule has 1 heterocycles. The highest BCUT2D eigenvalue weighted by Gasteiger charge is 2.11. The second-order valence-corrected chi connectivity index (χ2v) is 4.09. The molecule has 0 amide bonds. The standard InChI is InChI=1S/C12H21N3/c1-10(2)15(8-4-6-13)12-5-7-14-9-11(12)3/h5,7,9-10H,4,6,8,13H2,1-3H3. The average Bonchev–Trinajstić information content (AvgIpc) is 2.20. The second kappa shape index (κ2) is 5.71. The van der Waals surface area contributed by atoms with Crippen LogP contribution in [0.4, 0.5) is 5.69 Å². The summed E-state index contributed by atoms with van der Waals surface area (Å²) in [5.41, 5.74) is 8.05. The molecule has 84 valence electrons. The molecule has 0 aliphatic heterocycles.